The third-order valence-electron chi connectivity index (χ3n) is 4.23. The summed E-state index contributed by atoms with van der Waals surface area (Å²) < 4.78 is 7.04. The van der Waals surface area contributed by atoms with Gasteiger partial charge in [-0.05, 0) is 53.6 Å². The fourth-order valence-corrected chi connectivity index (χ4v) is 3.20. The first-order valence-corrected chi connectivity index (χ1v) is 8.61. The van der Waals surface area contributed by atoms with Gasteiger partial charge in [-0.1, -0.05) is 19.3 Å². The molecule has 0 bridgehead atoms. The Morgan fingerprint density at radius 3 is 2.75 bits per heavy atom. The van der Waals surface area contributed by atoms with Crippen LogP contribution in [-0.2, 0) is 6.54 Å². The highest BCUT2D eigenvalue weighted by Crippen LogP contribution is 2.27. The molecule has 110 valence electrons. The molecule has 2 fully saturated rings. The van der Waals surface area contributed by atoms with Crippen LogP contribution in [-0.4, -0.2) is 17.6 Å². The lowest BCUT2D eigenvalue weighted by molar-refractivity contribution is 0.201. The minimum Gasteiger partial charge on any atom is -0.477 e. The van der Waals surface area contributed by atoms with Crippen molar-refractivity contribution in [1.29, 1.82) is 0 Å². The molecule has 0 amide bonds. The molecule has 0 aromatic carbocycles. The number of ether oxygens (including phenoxy) is 1. The second-order valence-corrected chi connectivity index (χ2v) is 7.00. The molecule has 1 N–H and O–H groups in total. The number of pyridine rings is 1. The number of nitrogens with one attached hydrogen (secondary N) is 1. The number of hydrogen-bond acceptors (Lipinski definition) is 3. The number of hydrogen-bond donors (Lipinski definition) is 1. The standard InChI is InChI=1S/C16H23BrN2O/c17-14-8-13(9-18-15-6-7-15)16(19-10-14)20-11-12-4-2-1-3-5-12/h8,10,12,15,18H,1-7,9,11H2. The Morgan fingerprint density at radius 2 is 2.00 bits per heavy atom. The Balaban J connectivity index is 1.58. The van der Waals surface area contributed by atoms with Crippen molar-refractivity contribution in [3.8, 4) is 5.88 Å². The summed E-state index contributed by atoms with van der Waals surface area (Å²) in [4.78, 5) is 4.45. The van der Waals surface area contributed by atoms with Crippen LogP contribution >= 0.6 is 15.9 Å². The third-order valence-corrected chi connectivity index (χ3v) is 4.66. The first kappa shape index (κ1) is 14.3. The second-order valence-electron chi connectivity index (χ2n) is 6.09. The van der Waals surface area contributed by atoms with Crippen molar-refractivity contribution in [2.45, 2.75) is 57.5 Å². The number of halogens is 1. The zero-order valence-electron chi connectivity index (χ0n) is 11.9. The van der Waals surface area contributed by atoms with Gasteiger partial charge < -0.3 is 10.1 Å². The summed E-state index contributed by atoms with van der Waals surface area (Å²) in [5.74, 6) is 1.53. The summed E-state index contributed by atoms with van der Waals surface area (Å²) in [7, 11) is 0. The molecule has 0 saturated heterocycles. The van der Waals surface area contributed by atoms with Gasteiger partial charge in [0.25, 0.3) is 0 Å². The minimum absolute atomic E-state index is 0.708. The Labute approximate surface area is 129 Å². The molecule has 1 heterocycles. The normalized spacial score (nSPS) is 20.1. The molecule has 3 nitrogen and oxygen atoms in total. The largest absolute Gasteiger partial charge is 0.477 e. The molecule has 1 aromatic rings. The highest BCUT2D eigenvalue weighted by Gasteiger charge is 2.21. The van der Waals surface area contributed by atoms with Crippen molar-refractivity contribution in [1.82, 2.24) is 10.3 Å². The van der Waals surface area contributed by atoms with Crippen molar-refractivity contribution in [3.05, 3.63) is 22.3 Å². The van der Waals surface area contributed by atoms with E-state index in [1.54, 1.807) is 0 Å². The fourth-order valence-electron chi connectivity index (χ4n) is 2.82. The minimum atomic E-state index is 0.708. The third kappa shape index (κ3) is 4.19. The van der Waals surface area contributed by atoms with E-state index in [1.165, 1.54) is 50.5 Å². The van der Waals surface area contributed by atoms with Crippen molar-refractivity contribution in [3.63, 3.8) is 0 Å². The zero-order chi connectivity index (χ0) is 13.8. The summed E-state index contributed by atoms with van der Waals surface area (Å²) in [6.45, 7) is 1.68. The Morgan fingerprint density at radius 1 is 1.20 bits per heavy atom. The van der Waals surface area contributed by atoms with Crippen molar-refractivity contribution in [2.24, 2.45) is 5.92 Å². The lowest BCUT2D eigenvalue weighted by Gasteiger charge is -2.22. The monoisotopic (exact) mass is 338 g/mol. The highest BCUT2D eigenvalue weighted by molar-refractivity contribution is 9.10. The van der Waals surface area contributed by atoms with Gasteiger partial charge in [-0.15, -0.1) is 0 Å². The molecule has 0 spiro atoms. The summed E-state index contributed by atoms with van der Waals surface area (Å²) in [5, 5.41) is 3.54. The van der Waals surface area contributed by atoms with Gasteiger partial charge in [-0.25, -0.2) is 4.98 Å². The predicted octanol–water partition coefficient (Wildman–Crippen LogP) is 4.06. The molecule has 0 radical (unpaired) electrons. The van der Waals surface area contributed by atoms with Crippen LogP contribution in [0.5, 0.6) is 5.88 Å². The molecule has 0 aliphatic heterocycles. The van der Waals surface area contributed by atoms with Crippen LogP contribution in [0.4, 0.5) is 0 Å². The lowest BCUT2D eigenvalue weighted by Crippen LogP contribution is -2.19. The van der Waals surface area contributed by atoms with Crippen molar-refractivity contribution >= 4 is 15.9 Å². The van der Waals surface area contributed by atoms with Crippen LogP contribution in [0.15, 0.2) is 16.7 Å². The van der Waals surface area contributed by atoms with Gasteiger partial charge in [-0.3, -0.25) is 0 Å². The smallest absolute Gasteiger partial charge is 0.217 e. The predicted molar refractivity (Wildman–Crippen MR) is 83.9 cm³/mol. The summed E-state index contributed by atoms with van der Waals surface area (Å²) in [6.07, 6.45) is 11.2. The Kier molecular flexibility index (Phi) is 4.94. The van der Waals surface area contributed by atoms with E-state index in [1.807, 2.05) is 6.20 Å². The van der Waals surface area contributed by atoms with E-state index in [2.05, 4.69) is 32.3 Å². The van der Waals surface area contributed by atoms with Crippen LogP contribution < -0.4 is 10.1 Å². The fraction of sp³-hybridized carbons (Fsp3) is 0.688. The van der Waals surface area contributed by atoms with Gasteiger partial charge >= 0.3 is 0 Å². The molecule has 1 aromatic heterocycles. The topological polar surface area (TPSA) is 34.1 Å². The van der Waals surface area contributed by atoms with Gasteiger partial charge in [0.2, 0.25) is 5.88 Å². The molecule has 0 unspecified atom stereocenters. The molecule has 20 heavy (non-hydrogen) atoms. The first-order valence-electron chi connectivity index (χ1n) is 7.82. The van der Waals surface area contributed by atoms with Crippen LogP contribution in [0, 0.1) is 5.92 Å². The first-order chi connectivity index (χ1) is 9.81. The van der Waals surface area contributed by atoms with E-state index in [4.69, 9.17) is 4.74 Å². The maximum Gasteiger partial charge on any atom is 0.217 e. The summed E-state index contributed by atoms with van der Waals surface area (Å²) in [5.41, 5.74) is 1.17. The van der Waals surface area contributed by atoms with Crippen LogP contribution in [0.1, 0.15) is 50.5 Å². The molecule has 0 atom stereocenters. The van der Waals surface area contributed by atoms with E-state index >= 15 is 0 Å². The van der Waals surface area contributed by atoms with E-state index < -0.39 is 0 Å². The van der Waals surface area contributed by atoms with Gasteiger partial charge in [0, 0.05) is 28.8 Å². The highest BCUT2D eigenvalue weighted by atomic mass is 79.9. The van der Waals surface area contributed by atoms with Gasteiger partial charge in [-0.2, -0.15) is 0 Å². The molecule has 3 rings (SSSR count). The maximum atomic E-state index is 6.01. The quantitative estimate of drug-likeness (QED) is 0.849. The van der Waals surface area contributed by atoms with Crippen LogP contribution in [0.2, 0.25) is 0 Å². The zero-order valence-corrected chi connectivity index (χ0v) is 13.5. The number of rotatable bonds is 6. The summed E-state index contributed by atoms with van der Waals surface area (Å²) in [6, 6.07) is 2.83. The van der Waals surface area contributed by atoms with Crippen LogP contribution in [0.25, 0.3) is 0 Å². The van der Waals surface area contributed by atoms with E-state index in [-0.39, 0.29) is 0 Å². The SMILES string of the molecule is Brc1cnc(OCC2CCCCC2)c(CNC2CC2)c1. The molecule has 2 aliphatic carbocycles. The van der Waals surface area contributed by atoms with Crippen LogP contribution in [0.3, 0.4) is 0 Å². The number of aromatic nitrogens is 1. The van der Waals surface area contributed by atoms with Gasteiger partial charge in [0.15, 0.2) is 0 Å². The molecular formula is C16H23BrN2O. The van der Waals surface area contributed by atoms with Gasteiger partial charge in [0.1, 0.15) is 0 Å². The average Bonchev–Trinajstić information content (AvgIpc) is 3.29. The van der Waals surface area contributed by atoms with Gasteiger partial charge in [0.05, 0.1) is 6.61 Å². The van der Waals surface area contributed by atoms with Crippen molar-refractivity contribution in [2.75, 3.05) is 6.61 Å². The molecular weight excluding hydrogens is 316 g/mol. The molecule has 4 heteroatoms. The van der Waals surface area contributed by atoms with E-state index in [0.717, 1.165) is 29.4 Å². The Bertz CT molecular complexity index is 442. The van der Waals surface area contributed by atoms with Crippen molar-refractivity contribution < 1.29 is 4.74 Å². The number of nitrogens with zero attached hydrogens (tertiary/aromatic N) is 1. The van der Waals surface area contributed by atoms with E-state index in [9.17, 15) is 0 Å². The maximum absolute atomic E-state index is 6.01. The lowest BCUT2D eigenvalue weighted by atomic mass is 9.90. The molecule has 2 saturated carbocycles. The average molecular weight is 339 g/mol. The Hall–Kier alpha value is -0.610. The van der Waals surface area contributed by atoms with E-state index in [0.29, 0.717) is 6.04 Å². The second kappa shape index (κ2) is 6.90. The molecule has 2 aliphatic rings. The summed E-state index contributed by atoms with van der Waals surface area (Å²) >= 11 is 3.50.